The maximum Gasteiger partial charge on any atom is 0.128 e. The number of rotatable bonds is 6. The summed E-state index contributed by atoms with van der Waals surface area (Å²) in [4.78, 5) is 6.96. The fourth-order valence-corrected chi connectivity index (χ4v) is 3.13. The van der Waals surface area contributed by atoms with Gasteiger partial charge in [-0.05, 0) is 61.8 Å². The van der Waals surface area contributed by atoms with E-state index in [0.717, 1.165) is 18.9 Å². The van der Waals surface area contributed by atoms with Crippen LogP contribution >= 0.6 is 0 Å². The topological polar surface area (TPSA) is 28.2 Å². The fourth-order valence-electron chi connectivity index (χ4n) is 3.13. The summed E-state index contributed by atoms with van der Waals surface area (Å²) in [5, 5.41) is 3.46. The zero-order valence-electron chi connectivity index (χ0n) is 14.2. The SMILES string of the molecule is CCCNCc1ccnc(N(C)C2CCC(C)(C)CC2)c1. The van der Waals surface area contributed by atoms with E-state index < -0.39 is 0 Å². The van der Waals surface area contributed by atoms with Crippen molar-refractivity contribution < 1.29 is 0 Å². The van der Waals surface area contributed by atoms with Crippen LogP contribution in [-0.4, -0.2) is 24.6 Å². The highest BCUT2D eigenvalue weighted by molar-refractivity contribution is 5.41. The molecule has 0 bridgehead atoms. The molecule has 1 aromatic rings. The van der Waals surface area contributed by atoms with Crippen LogP contribution in [0.15, 0.2) is 18.3 Å². The van der Waals surface area contributed by atoms with Gasteiger partial charge in [-0.3, -0.25) is 0 Å². The van der Waals surface area contributed by atoms with E-state index in [4.69, 9.17) is 0 Å². The second-order valence-electron chi connectivity index (χ2n) is 7.21. The lowest BCUT2D eigenvalue weighted by Gasteiger charge is -2.39. The third-order valence-corrected chi connectivity index (χ3v) is 4.78. The Hall–Kier alpha value is -1.09. The second kappa shape index (κ2) is 7.26. The zero-order chi connectivity index (χ0) is 15.3. The van der Waals surface area contributed by atoms with Crippen LogP contribution < -0.4 is 10.2 Å². The van der Waals surface area contributed by atoms with Gasteiger partial charge in [0, 0.05) is 25.8 Å². The molecule has 0 spiro atoms. The number of nitrogens with one attached hydrogen (secondary N) is 1. The van der Waals surface area contributed by atoms with Gasteiger partial charge in [-0.2, -0.15) is 0 Å². The van der Waals surface area contributed by atoms with Gasteiger partial charge in [0.05, 0.1) is 0 Å². The van der Waals surface area contributed by atoms with Gasteiger partial charge in [-0.15, -0.1) is 0 Å². The Labute approximate surface area is 130 Å². The van der Waals surface area contributed by atoms with E-state index in [2.05, 4.69) is 55.2 Å². The Morgan fingerprint density at radius 3 is 2.71 bits per heavy atom. The molecule has 1 aromatic heterocycles. The smallest absolute Gasteiger partial charge is 0.128 e. The fraction of sp³-hybridized carbons (Fsp3) is 0.722. The lowest BCUT2D eigenvalue weighted by atomic mass is 9.75. The average molecular weight is 289 g/mol. The summed E-state index contributed by atoms with van der Waals surface area (Å²) in [6.45, 7) is 8.99. The average Bonchev–Trinajstić information content (AvgIpc) is 2.47. The van der Waals surface area contributed by atoms with Crippen LogP contribution in [0.4, 0.5) is 5.82 Å². The Balaban J connectivity index is 1.96. The molecule has 0 unspecified atom stereocenters. The van der Waals surface area contributed by atoms with Crippen molar-refractivity contribution in [3.63, 3.8) is 0 Å². The Bertz CT molecular complexity index is 432. The van der Waals surface area contributed by atoms with Gasteiger partial charge in [0.2, 0.25) is 0 Å². The summed E-state index contributed by atoms with van der Waals surface area (Å²) in [5.41, 5.74) is 1.85. The molecule has 3 heteroatoms. The van der Waals surface area contributed by atoms with Crippen molar-refractivity contribution in [1.29, 1.82) is 0 Å². The molecule has 1 saturated carbocycles. The van der Waals surface area contributed by atoms with Crippen molar-refractivity contribution in [3.8, 4) is 0 Å². The molecular formula is C18H31N3. The molecule has 1 aliphatic rings. The van der Waals surface area contributed by atoms with Crippen molar-refractivity contribution in [2.45, 2.75) is 65.5 Å². The second-order valence-corrected chi connectivity index (χ2v) is 7.21. The minimum absolute atomic E-state index is 0.524. The molecule has 21 heavy (non-hydrogen) atoms. The molecule has 1 fully saturated rings. The molecule has 1 N–H and O–H groups in total. The third kappa shape index (κ3) is 4.70. The van der Waals surface area contributed by atoms with Gasteiger partial charge in [-0.25, -0.2) is 4.98 Å². The summed E-state index contributed by atoms with van der Waals surface area (Å²) in [6.07, 6.45) is 8.32. The van der Waals surface area contributed by atoms with Crippen molar-refractivity contribution >= 4 is 5.82 Å². The Morgan fingerprint density at radius 1 is 1.33 bits per heavy atom. The largest absolute Gasteiger partial charge is 0.357 e. The number of pyridine rings is 1. The standard InChI is InChI=1S/C18H31N3/c1-5-11-19-14-15-8-12-20-17(13-15)21(4)16-6-9-18(2,3)10-7-16/h8,12-13,16,19H,5-7,9-11,14H2,1-4H3. The first-order valence-corrected chi connectivity index (χ1v) is 8.40. The molecular weight excluding hydrogens is 258 g/mol. The molecule has 0 aliphatic heterocycles. The monoisotopic (exact) mass is 289 g/mol. The predicted molar refractivity (Wildman–Crippen MR) is 90.7 cm³/mol. The number of hydrogen-bond acceptors (Lipinski definition) is 3. The van der Waals surface area contributed by atoms with Crippen molar-refractivity contribution in [2.24, 2.45) is 5.41 Å². The van der Waals surface area contributed by atoms with Gasteiger partial charge in [0.1, 0.15) is 5.82 Å². The molecule has 2 rings (SSSR count). The lowest BCUT2D eigenvalue weighted by Crippen LogP contribution is -2.37. The molecule has 0 atom stereocenters. The summed E-state index contributed by atoms with van der Waals surface area (Å²) < 4.78 is 0. The van der Waals surface area contributed by atoms with E-state index in [-0.39, 0.29) is 0 Å². The summed E-state index contributed by atoms with van der Waals surface area (Å²) in [6, 6.07) is 5.00. The molecule has 0 aromatic carbocycles. The van der Waals surface area contributed by atoms with Crippen molar-refractivity contribution in [3.05, 3.63) is 23.9 Å². The van der Waals surface area contributed by atoms with E-state index >= 15 is 0 Å². The Kier molecular flexibility index (Phi) is 5.63. The number of nitrogens with zero attached hydrogens (tertiary/aromatic N) is 2. The van der Waals surface area contributed by atoms with E-state index in [1.165, 1.54) is 37.7 Å². The first-order valence-electron chi connectivity index (χ1n) is 8.40. The van der Waals surface area contributed by atoms with Crippen molar-refractivity contribution in [2.75, 3.05) is 18.5 Å². The van der Waals surface area contributed by atoms with Crippen LogP contribution in [0.2, 0.25) is 0 Å². The molecule has 0 radical (unpaired) electrons. The molecule has 0 saturated heterocycles. The van der Waals surface area contributed by atoms with Gasteiger partial charge in [-0.1, -0.05) is 20.8 Å². The number of anilines is 1. The van der Waals surface area contributed by atoms with Gasteiger partial charge >= 0.3 is 0 Å². The first-order chi connectivity index (χ1) is 10.0. The number of hydrogen-bond donors (Lipinski definition) is 1. The Morgan fingerprint density at radius 2 is 2.05 bits per heavy atom. The molecule has 0 amide bonds. The quantitative estimate of drug-likeness (QED) is 0.803. The van der Waals surface area contributed by atoms with Crippen LogP contribution in [0.5, 0.6) is 0 Å². The van der Waals surface area contributed by atoms with Gasteiger partial charge in [0.15, 0.2) is 0 Å². The zero-order valence-corrected chi connectivity index (χ0v) is 14.2. The highest BCUT2D eigenvalue weighted by atomic mass is 15.2. The maximum atomic E-state index is 4.58. The first kappa shape index (κ1) is 16.3. The highest BCUT2D eigenvalue weighted by Gasteiger charge is 2.29. The van der Waals surface area contributed by atoms with E-state index in [1.807, 2.05) is 6.20 Å². The van der Waals surface area contributed by atoms with Crippen LogP contribution in [0.3, 0.4) is 0 Å². The maximum absolute atomic E-state index is 4.58. The molecule has 1 heterocycles. The van der Waals surface area contributed by atoms with Crippen LogP contribution in [-0.2, 0) is 6.54 Å². The summed E-state index contributed by atoms with van der Waals surface area (Å²) in [5.74, 6) is 1.12. The van der Waals surface area contributed by atoms with Crippen LogP contribution in [0.1, 0.15) is 58.4 Å². The predicted octanol–water partition coefficient (Wildman–Crippen LogP) is 3.99. The normalized spacial score (nSPS) is 18.7. The van der Waals surface area contributed by atoms with E-state index in [0.29, 0.717) is 11.5 Å². The van der Waals surface area contributed by atoms with Crippen LogP contribution in [0, 0.1) is 5.41 Å². The third-order valence-electron chi connectivity index (χ3n) is 4.78. The van der Waals surface area contributed by atoms with E-state index in [1.54, 1.807) is 0 Å². The molecule has 3 nitrogen and oxygen atoms in total. The van der Waals surface area contributed by atoms with Gasteiger partial charge in [0.25, 0.3) is 0 Å². The number of aromatic nitrogens is 1. The van der Waals surface area contributed by atoms with E-state index in [9.17, 15) is 0 Å². The lowest BCUT2D eigenvalue weighted by molar-refractivity contribution is 0.222. The molecule has 1 aliphatic carbocycles. The molecule has 118 valence electrons. The summed E-state index contributed by atoms with van der Waals surface area (Å²) >= 11 is 0. The highest BCUT2D eigenvalue weighted by Crippen LogP contribution is 2.37. The van der Waals surface area contributed by atoms with Crippen molar-refractivity contribution in [1.82, 2.24) is 10.3 Å². The minimum Gasteiger partial charge on any atom is -0.357 e. The van der Waals surface area contributed by atoms with Gasteiger partial charge < -0.3 is 10.2 Å². The summed E-state index contributed by atoms with van der Waals surface area (Å²) in [7, 11) is 2.20. The van der Waals surface area contributed by atoms with Crippen LogP contribution in [0.25, 0.3) is 0 Å². The minimum atomic E-state index is 0.524.